The molecule has 1 heterocycles. The minimum absolute atomic E-state index is 0.214. The first-order valence-electron chi connectivity index (χ1n) is 6.22. The molecular weight excluding hydrogens is 214 g/mol. The van der Waals surface area contributed by atoms with Gasteiger partial charge in [-0.3, -0.25) is 4.68 Å². The highest BCUT2D eigenvalue weighted by molar-refractivity contribution is 5.12. The molecule has 0 amide bonds. The minimum atomic E-state index is 0.214. The average molecular weight is 237 g/mol. The summed E-state index contributed by atoms with van der Waals surface area (Å²) in [5, 5.41) is 7.88. The summed E-state index contributed by atoms with van der Waals surface area (Å²) >= 11 is 0. The lowest BCUT2D eigenvalue weighted by molar-refractivity contribution is -0.0999. The van der Waals surface area contributed by atoms with Crippen LogP contribution in [0.4, 0.5) is 0 Å². The summed E-state index contributed by atoms with van der Waals surface area (Å²) in [6.45, 7) is 6.71. The Bertz CT molecular complexity index is 386. The highest BCUT2D eigenvalue weighted by Crippen LogP contribution is 2.43. The summed E-state index contributed by atoms with van der Waals surface area (Å²) in [6.07, 6.45) is 5.46. The van der Waals surface area contributed by atoms with E-state index in [0.29, 0.717) is 18.2 Å². The fraction of sp³-hybridized carbons (Fsp3) is 0.769. The molecule has 17 heavy (non-hydrogen) atoms. The molecule has 1 aliphatic rings. The molecule has 1 aromatic rings. The van der Waals surface area contributed by atoms with Crippen LogP contribution in [0.3, 0.4) is 0 Å². The van der Waals surface area contributed by atoms with Crippen LogP contribution in [0, 0.1) is 5.41 Å². The zero-order chi connectivity index (χ0) is 12.6. The zero-order valence-electron chi connectivity index (χ0n) is 11.4. The first kappa shape index (κ1) is 12.6. The SMILES string of the molecule is COC1CC(NC(C)c2cnn(C)c2)C1(C)C. The van der Waals surface area contributed by atoms with E-state index < -0.39 is 0 Å². The third-order valence-corrected chi connectivity index (χ3v) is 4.14. The van der Waals surface area contributed by atoms with E-state index in [1.807, 2.05) is 17.9 Å². The topological polar surface area (TPSA) is 39.1 Å². The molecule has 1 aliphatic carbocycles. The normalized spacial score (nSPS) is 28.8. The van der Waals surface area contributed by atoms with Gasteiger partial charge in [0.2, 0.25) is 0 Å². The summed E-state index contributed by atoms with van der Waals surface area (Å²) < 4.78 is 7.31. The van der Waals surface area contributed by atoms with Crippen molar-refractivity contribution >= 4 is 0 Å². The van der Waals surface area contributed by atoms with Gasteiger partial charge in [-0.25, -0.2) is 0 Å². The third kappa shape index (κ3) is 2.24. The van der Waals surface area contributed by atoms with Gasteiger partial charge in [0.05, 0.1) is 12.3 Å². The van der Waals surface area contributed by atoms with Gasteiger partial charge in [0.1, 0.15) is 0 Å². The van der Waals surface area contributed by atoms with Gasteiger partial charge in [0.25, 0.3) is 0 Å². The molecule has 0 aliphatic heterocycles. The lowest BCUT2D eigenvalue weighted by atomic mass is 9.64. The smallest absolute Gasteiger partial charge is 0.0652 e. The molecule has 3 unspecified atom stereocenters. The van der Waals surface area contributed by atoms with Crippen molar-refractivity contribution in [2.45, 2.75) is 45.4 Å². The van der Waals surface area contributed by atoms with Gasteiger partial charge in [-0.15, -0.1) is 0 Å². The van der Waals surface area contributed by atoms with Crippen LogP contribution in [0.2, 0.25) is 0 Å². The summed E-state index contributed by atoms with van der Waals surface area (Å²) in [4.78, 5) is 0. The summed E-state index contributed by atoms with van der Waals surface area (Å²) in [5.41, 5.74) is 1.45. The van der Waals surface area contributed by atoms with Gasteiger partial charge in [-0.2, -0.15) is 5.10 Å². The van der Waals surface area contributed by atoms with Crippen LogP contribution in [0.5, 0.6) is 0 Å². The maximum Gasteiger partial charge on any atom is 0.0652 e. The number of ether oxygens (including phenoxy) is 1. The number of rotatable bonds is 4. The molecule has 1 saturated carbocycles. The highest BCUT2D eigenvalue weighted by atomic mass is 16.5. The molecule has 2 rings (SSSR count). The number of methoxy groups -OCH3 is 1. The van der Waals surface area contributed by atoms with Gasteiger partial charge >= 0.3 is 0 Å². The Kier molecular flexibility index (Phi) is 3.27. The van der Waals surface area contributed by atoms with E-state index in [4.69, 9.17) is 4.74 Å². The Morgan fingerprint density at radius 3 is 2.76 bits per heavy atom. The van der Waals surface area contributed by atoms with Crippen molar-refractivity contribution in [3.05, 3.63) is 18.0 Å². The van der Waals surface area contributed by atoms with Gasteiger partial charge in [-0.05, 0) is 13.3 Å². The molecule has 1 N–H and O–H groups in total. The zero-order valence-corrected chi connectivity index (χ0v) is 11.4. The fourth-order valence-corrected chi connectivity index (χ4v) is 2.63. The van der Waals surface area contributed by atoms with E-state index in [9.17, 15) is 0 Å². The molecule has 0 radical (unpaired) electrons. The largest absolute Gasteiger partial charge is 0.381 e. The number of nitrogens with zero attached hydrogens (tertiary/aromatic N) is 2. The lowest BCUT2D eigenvalue weighted by Crippen LogP contribution is -2.60. The lowest BCUT2D eigenvalue weighted by Gasteiger charge is -2.52. The highest BCUT2D eigenvalue weighted by Gasteiger charge is 2.48. The molecule has 1 fully saturated rings. The number of nitrogens with one attached hydrogen (secondary N) is 1. The van der Waals surface area contributed by atoms with Gasteiger partial charge in [0.15, 0.2) is 0 Å². The molecule has 0 aromatic carbocycles. The Hall–Kier alpha value is -0.870. The van der Waals surface area contributed by atoms with E-state index in [2.05, 4.69) is 37.4 Å². The van der Waals surface area contributed by atoms with E-state index in [1.165, 1.54) is 5.56 Å². The molecule has 96 valence electrons. The molecule has 0 saturated heterocycles. The molecule has 0 spiro atoms. The summed E-state index contributed by atoms with van der Waals surface area (Å²) in [6, 6.07) is 0.855. The van der Waals surface area contributed by atoms with Crippen molar-refractivity contribution in [1.82, 2.24) is 15.1 Å². The quantitative estimate of drug-likeness (QED) is 0.869. The molecule has 4 heteroatoms. The Labute approximate surface area is 103 Å². The first-order valence-corrected chi connectivity index (χ1v) is 6.22. The molecule has 1 aromatic heterocycles. The molecule has 4 nitrogen and oxygen atoms in total. The maximum atomic E-state index is 5.47. The van der Waals surface area contributed by atoms with Gasteiger partial charge < -0.3 is 10.1 Å². The predicted molar refractivity (Wildman–Crippen MR) is 67.7 cm³/mol. The molecular formula is C13H23N3O. The summed E-state index contributed by atoms with van der Waals surface area (Å²) in [5.74, 6) is 0. The predicted octanol–water partition coefficient (Wildman–Crippen LogP) is 1.88. The first-order chi connectivity index (χ1) is 7.95. The standard InChI is InChI=1S/C13H23N3O/c1-9(10-7-14-16(4)8-10)15-11-6-12(17-5)13(11,2)3/h7-9,11-12,15H,6H2,1-5H3. The number of aromatic nitrogens is 2. The summed E-state index contributed by atoms with van der Waals surface area (Å²) in [7, 11) is 3.75. The van der Waals surface area contributed by atoms with Crippen molar-refractivity contribution < 1.29 is 4.74 Å². The van der Waals surface area contributed by atoms with E-state index in [-0.39, 0.29) is 5.41 Å². The second kappa shape index (κ2) is 4.42. The third-order valence-electron chi connectivity index (χ3n) is 4.14. The van der Waals surface area contributed by atoms with Crippen molar-refractivity contribution in [3.8, 4) is 0 Å². The van der Waals surface area contributed by atoms with E-state index in [0.717, 1.165) is 6.42 Å². The van der Waals surface area contributed by atoms with E-state index >= 15 is 0 Å². The van der Waals surface area contributed by atoms with Crippen LogP contribution in [0.1, 0.15) is 38.8 Å². The Morgan fingerprint density at radius 1 is 1.59 bits per heavy atom. The van der Waals surface area contributed by atoms with Crippen molar-refractivity contribution in [1.29, 1.82) is 0 Å². The van der Waals surface area contributed by atoms with Crippen LogP contribution < -0.4 is 5.32 Å². The van der Waals surface area contributed by atoms with Crippen LogP contribution in [0.15, 0.2) is 12.4 Å². The van der Waals surface area contributed by atoms with Crippen molar-refractivity contribution in [3.63, 3.8) is 0 Å². The van der Waals surface area contributed by atoms with Gasteiger partial charge in [0, 0.05) is 43.4 Å². The van der Waals surface area contributed by atoms with Crippen LogP contribution in [-0.2, 0) is 11.8 Å². The number of aryl methyl sites for hydroxylation is 1. The van der Waals surface area contributed by atoms with Crippen LogP contribution in [-0.4, -0.2) is 29.0 Å². The second-order valence-corrected chi connectivity index (χ2v) is 5.67. The molecule has 3 atom stereocenters. The maximum absolute atomic E-state index is 5.47. The number of hydrogen-bond acceptors (Lipinski definition) is 3. The minimum Gasteiger partial charge on any atom is -0.381 e. The average Bonchev–Trinajstić information content (AvgIpc) is 2.70. The Balaban J connectivity index is 1.95. The fourth-order valence-electron chi connectivity index (χ4n) is 2.63. The number of hydrogen-bond donors (Lipinski definition) is 1. The van der Waals surface area contributed by atoms with Crippen molar-refractivity contribution in [2.24, 2.45) is 12.5 Å². The molecule has 0 bridgehead atoms. The van der Waals surface area contributed by atoms with Crippen molar-refractivity contribution in [2.75, 3.05) is 7.11 Å². The van der Waals surface area contributed by atoms with Crippen LogP contribution >= 0.6 is 0 Å². The Morgan fingerprint density at radius 2 is 2.29 bits per heavy atom. The van der Waals surface area contributed by atoms with Gasteiger partial charge in [-0.1, -0.05) is 13.8 Å². The second-order valence-electron chi connectivity index (χ2n) is 5.67. The van der Waals surface area contributed by atoms with E-state index in [1.54, 1.807) is 7.11 Å². The van der Waals surface area contributed by atoms with Crippen LogP contribution in [0.25, 0.3) is 0 Å². The monoisotopic (exact) mass is 237 g/mol.